The Hall–Kier alpha value is -2.05. The van der Waals surface area contributed by atoms with Gasteiger partial charge in [0.1, 0.15) is 6.10 Å². The van der Waals surface area contributed by atoms with Crippen molar-refractivity contribution in [2.75, 3.05) is 0 Å². The molecular formula is C11H13N5O. The number of aliphatic hydroxyl groups is 1. The number of hydrogen-bond acceptors (Lipinski definition) is 5. The van der Waals surface area contributed by atoms with Crippen molar-refractivity contribution >= 4 is 6.08 Å². The molecule has 2 unspecified atom stereocenters. The number of rotatable bonds is 4. The second-order valence-corrected chi connectivity index (χ2v) is 3.56. The van der Waals surface area contributed by atoms with E-state index >= 15 is 0 Å². The van der Waals surface area contributed by atoms with Crippen molar-refractivity contribution in [3.63, 3.8) is 0 Å². The predicted molar refractivity (Wildman–Crippen MR) is 62.6 cm³/mol. The molecule has 1 heterocycles. The van der Waals surface area contributed by atoms with Crippen molar-refractivity contribution in [2.24, 2.45) is 5.73 Å². The minimum atomic E-state index is -0.964. The molecule has 0 fully saturated rings. The number of aromatic amines is 1. The topological polar surface area (TPSA) is 101 Å². The van der Waals surface area contributed by atoms with E-state index in [0.29, 0.717) is 0 Å². The molecule has 0 bridgehead atoms. The third kappa shape index (κ3) is 2.96. The monoisotopic (exact) mass is 231 g/mol. The van der Waals surface area contributed by atoms with Gasteiger partial charge in [-0.3, -0.25) is 0 Å². The average Bonchev–Trinajstić information content (AvgIpc) is 2.90. The van der Waals surface area contributed by atoms with Gasteiger partial charge in [-0.1, -0.05) is 47.7 Å². The quantitative estimate of drug-likeness (QED) is 0.701. The Morgan fingerprint density at radius 1 is 1.29 bits per heavy atom. The largest absolute Gasteiger partial charge is 0.383 e. The molecule has 17 heavy (non-hydrogen) atoms. The van der Waals surface area contributed by atoms with Gasteiger partial charge in [-0.25, -0.2) is 0 Å². The van der Waals surface area contributed by atoms with Crippen LogP contribution in [0.5, 0.6) is 0 Å². The van der Waals surface area contributed by atoms with Crippen molar-refractivity contribution in [1.29, 1.82) is 0 Å². The maximum absolute atomic E-state index is 9.79. The lowest BCUT2D eigenvalue weighted by molar-refractivity contribution is 0.153. The Balaban J connectivity index is 2.02. The number of aliphatic hydroxyl groups excluding tert-OH is 1. The standard InChI is InChI=1S/C11H13N5O/c12-9(10(17)11-13-15-16-14-11)7-6-8-4-2-1-3-5-8/h1-7,9-10,17H,12H2,(H,13,14,15,16)/b7-6+. The molecule has 2 aromatic rings. The van der Waals surface area contributed by atoms with Crippen molar-refractivity contribution in [1.82, 2.24) is 20.6 Å². The zero-order chi connectivity index (χ0) is 12.1. The van der Waals surface area contributed by atoms with Crippen molar-refractivity contribution in [3.05, 3.63) is 47.8 Å². The number of aromatic nitrogens is 4. The third-order valence-corrected chi connectivity index (χ3v) is 2.30. The molecular weight excluding hydrogens is 218 g/mol. The summed E-state index contributed by atoms with van der Waals surface area (Å²) in [5, 5.41) is 22.8. The molecule has 6 heteroatoms. The highest BCUT2D eigenvalue weighted by molar-refractivity contribution is 5.49. The number of hydrogen-bond donors (Lipinski definition) is 3. The Bertz CT molecular complexity index is 468. The predicted octanol–water partition coefficient (Wildman–Crippen LogP) is 0.274. The Morgan fingerprint density at radius 2 is 2.06 bits per heavy atom. The summed E-state index contributed by atoms with van der Waals surface area (Å²) in [4.78, 5) is 0. The van der Waals surface area contributed by atoms with Gasteiger partial charge in [0, 0.05) is 0 Å². The summed E-state index contributed by atoms with van der Waals surface area (Å²) >= 11 is 0. The number of tetrazole rings is 1. The third-order valence-electron chi connectivity index (χ3n) is 2.30. The molecule has 0 amide bonds. The number of H-pyrrole nitrogens is 1. The van der Waals surface area contributed by atoms with E-state index in [1.165, 1.54) is 0 Å². The first kappa shape index (κ1) is 11.4. The molecule has 0 spiro atoms. The molecule has 0 saturated carbocycles. The van der Waals surface area contributed by atoms with Gasteiger partial charge < -0.3 is 10.8 Å². The van der Waals surface area contributed by atoms with E-state index in [4.69, 9.17) is 5.73 Å². The summed E-state index contributed by atoms with van der Waals surface area (Å²) < 4.78 is 0. The smallest absolute Gasteiger partial charge is 0.204 e. The minimum Gasteiger partial charge on any atom is -0.383 e. The molecule has 0 saturated heterocycles. The molecule has 6 nitrogen and oxygen atoms in total. The highest BCUT2D eigenvalue weighted by Gasteiger charge is 2.18. The Kier molecular flexibility index (Phi) is 3.59. The van der Waals surface area contributed by atoms with Crippen LogP contribution in [0.2, 0.25) is 0 Å². The number of nitrogens with one attached hydrogen (secondary N) is 1. The highest BCUT2D eigenvalue weighted by atomic mass is 16.3. The fraction of sp³-hybridized carbons (Fsp3) is 0.182. The Morgan fingerprint density at radius 3 is 2.71 bits per heavy atom. The summed E-state index contributed by atoms with van der Waals surface area (Å²) in [6, 6.07) is 9.12. The summed E-state index contributed by atoms with van der Waals surface area (Å²) in [6.07, 6.45) is 2.58. The molecule has 0 aliphatic heterocycles. The van der Waals surface area contributed by atoms with E-state index < -0.39 is 12.1 Å². The van der Waals surface area contributed by atoms with Crippen LogP contribution in [0, 0.1) is 0 Å². The van der Waals surface area contributed by atoms with Crippen molar-refractivity contribution in [2.45, 2.75) is 12.1 Å². The fourth-order valence-electron chi connectivity index (χ4n) is 1.36. The molecule has 0 radical (unpaired) electrons. The maximum Gasteiger partial charge on any atom is 0.204 e. The van der Waals surface area contributed by atoms with Crippen LogP contribution in [-0.4, -0.2) is 31.8 Å². The number of nitrogens with two attached hydrogens (primary N) is 1. The van der Waals surface area contributed by atoms with E-state index in [2.05, 4.69) is 20.6 Å². The lowest BCUT2D eigenvalue weighted by Crippen LogP contribution is -2.26. The van der Waals surface area contributed by atoms with Crippen molar-refractivity contribution in [3.8, 4) is 0 Å². The fourth-order valence-corrected chi connectivity index (χ4v) is 1.36. The SMILES string of the molecule is NC(/C=C/c1ccccc1)C(O)c1nn[nH]n1. The molecule has 4 N–H and O–H groups in total. The van der Waals surface area contributed by atoms with Crippen LogP contribution in [0.4, 0.5) is 0 Å². The van der Waals surface area contributed by atoms with Gasteiger partial charge in [-0.15, -0.1) is 10.2 Å². The van der Waals surface area contributed by atoms with Crippen molar-refractivity contribution < 1.29 is 5.11 Å². The van der Waals surface area contributed by atoms with E-state index in [0.717, 1.165) is 5.56 Å². The van der Waals surface area contributed by atoms with Crippen LogP contribution in [0.1, 0.15) is 17.5 Å². The molecule has 2 rings (SSSR count). The number of nitrogens with zero attached hydrogens (tertiary/aromatic N) is 3. The van der Waals surface area contributed by atoms with E-state index in [1.807, 2.05) is 36.4 Å². The van der Waals surface area contributed by atoms with Gasteiger partial charge >= 0.3 is 0 Å². The first-order valence-electron chi connectivity index (χ1n) is 5.17. The summed E-state index contributed by atoms with van der Waals surface area (Å²) in [6.45, 7) is 0. The lowest BCUT2D eigenvalue weighted by atomic mass is 10.1. The summed E-state index contributed by atoms with van der Waals surface area (Å²) in [5.41, 5.74) is 6.81. The van der Waals surface area contributed by atoms with Crippen LogP contribution >= 0.6 is 0 Å². The maximum atomic E-state index is 9.79. The van der Waals surface area contributed by atoms with E-state index in [1.54, 1.807) is 6.08 Å². The number of benzene rings is 1. The van der Waals surface area contributed by atoms with E-state index in [-0.39, 0.29) is 5.82 Å². The Labute approximate surface area is 98.2 Å². The zero-order valence-corrected chi connectivity index (χ0v) is 9.06. The normalized spacial score (nSPS) is 14.9. The van der Waals surface area contributed by atoms with Crippen LogP contribution in [0.15, 0.2) is 36.4 Å². The van der Waals surface area contributed by atoms with Crippen LogP contribution in [-0.2, 0) is 0 Å². The molecule has 2 atom stereocenters. The highest BCUT2D eigenvalue weighted by Crippen LogP contribution is 2.11. The summed E-state index contributed by atoms with van der Waals surface area (Å²) in [7, 11) is 0. The second-order valence-electron chi connectivity index (χ2n) is 3.56. The molecule has 88 valence electrons. The van der Waals surface area contributed by atoms with Gasteiger partial charge in [0.05, 0.1) is 6.04 Å². The molecule has 0 aliphatic carbocycles. The molecule has 0 aliphatic rings. The van der Waals surface area contributed by atoms with E-state index in [9.17, 15) is 5.11 Å². The van der Waals surface area contributed by atoms with Gasteiger partial charge in [-0.05, 0) is 5.56 Å². The van der Waals surface area contributed by atoms with Gasteiger partial charge in [0.15, 0.2) is 0 Å². The second kappa shape index (κ2) is 5.33. The van der Waals surface area contributed by atoms with Crippen LogP contribution in [0.3, 0.4) is 0 Å². The van der Waals surface area contributed by atoms with Gasteiger partial charge in [0.25, 0.3) is 0 Å². The lowest BCUT2D eigenvalue weighted by Gasteiger charge is -2.10. The minimum absolute atomic E-state index is 0.190. The van der Waals surface area contributed by atoms with Gasteiger partial charge in [-0.2, -0.15) is 5.21 Å². The van der Waals surface area contributed by atoms with Crippen LogP contribution < -0.4 is 5.73 Å². The summed E-state index contributed by atoms with van der Waals surface area (Å²) in [5.74, 6) is 0.190. The first-order valence-corrected chi connectivity index (χ1v) is 5.17. The molecule has 1 aromatic heterocycles. The first-order chi connectivity index (χ1) is 8.27. The van der Waals surface area contributed by atoms with Crippen LogP contribution in [0.25, 0.3) is 6.08 Å². The van der Waals surface area contributed by atoms with Gasteiger partial charge in [0.2, 0.25) is 5.82 Å². The average molecular weight is 231 g/mol. The molecule has 1 aromatic carbocycles. The zero-order valence-electron chi connectivity index (χ0n) is 9.06.